The van der Waals surface area contributed by atoms with E-state index in [1.54, 1.807) is 21.3 Å². The highest BCUT2D eigenvalue weighted by Gasteiger charge is 2.41. The lowest BCUT2D eigenvalue weighted by atomic mass is 9.74. The Labute approximate surface area is 208 Å². The van der Waals surface area contributed by atoms with Gasteiger partial charge in [0.15, 0.2) is 11.5 Å². The lowest BCUT2D eigenvalue weighted by molar-refractivity contribution is 0.0282. The SMILES string of the molecule is COc1ccc(CNC[C@H]2C[C@@H]3CCN2C[C@H]3c2cc(-c3ccc(OC)c(OC)c3)nn2C)cc1. The zero-order chi connectivity index (χ0) is 24.4. The molecule has 1 N–H and O–H groups in total. The van der Waals surface area contributed by atoms with Crippen LogP contribution in [0.2, 0.25) is 0 Å². The number of aromatic nitrogens is 2. The maximum Gasteiger partial charge on any atom is 0.161 e. The molecule has 0 amide bonds. The molecule has 4 heterocycles. The first-order chi connectivity index (χ1) is 17.1. The van der Waals surface area contributed by atoms with Gasteiger partial charge in [-0.05, 0) is 67.3 Å². The third-order valence-electron chi connectivity index (χ3n) is 7.72. The molecule has 0 aliphatic carbocycles. The molecule has 3 aliphatic heterocycles. The van der Waals surface area contributed by atoms with E-state index in [1.807, 2.05) is 24.3 Å². The molecule has 3 fully saturated rings. The van der Waals surface area contributed by atoms with Gasteiger partial charge in [0.2, 0.25) is 0 Å². The van der Waals surface area contributed by atoms with Gasteiger partial charge in [-0.15, -0.1) is 0 Å². The van der Waals surface area contributed by atoms with Crippen LogP contribution >= 0.6 is 0 Å². The van der Waals surface area contributed by atoms with E-state index >= 15 is 0 Å². The number of nitrogens with one attached hydrogen (secondary N) is 1. The van der Waals surface area contributed by atoms with Crippen molar-refractivity contribution in [3.63, 3.8) is 0 Å². The van der Waals surface area contributed by atoms with Gasteiger partial charge < -0.3 is 19.5 Å². The second-order valence-corrected chi connectivity index (χ2v) is 9.67. The zero-order valence-electron chi connectivity index (χ0n) is 21.2. The van der Waals surface area contributed by atoms with Crippen molar-refractivity contribution < 1.29 is 14.2 Å². The summed E-state index contributed by atoms with van der Waals surface area (Å²) >= 11 is 0. The molecule has 186 valence electrons. The summed E-state index contributed by atoms with van der Waals surface area (Å²) in [4.78, 5) is 2.68. The molecule has 7 nitrogen and oxygen atoms in total. The number of methoxy groups -OCH3 is 3. The summed E-state index contributed by atoms with van der Waals surface area (Å²) in [6, 6.07) is 17.2. The van der Waals surface area contributed by atoms with E-state index in [4.69, 9.17) is 19.3 Å². The van der Waals surface area contributed by atoms with Crippen LogP contribution in [0.1, 0.15) is 30.0 Å². The molecule has 3 aromatic rings. The van der Waals surface area contributed by atoms with Gasteiger partial charge in [0.05, 0.1) is 27.0 Å². The summed E-state index contributed by atoms with van der Waals surface area (Å²) in [6.45, 7) is 4.21. The van der Waals surface area contributed by atoms with Crippen molar-refractivity contribution in [2.24, 2.45) is 13.0 Å². The maximum absolute atomic E-state index is 5.50. The van der Waals surface area contributed by atoms with Crippen LogP contribution in [0.4, 0.5) is 0 Å². The Hall–Kier alpha value is -3.03. The summed E-state index contributed by atoms with van der Waals surface area (Å²) in [7, 11) is 7.10. The molecule has 1 aromatic heterocycles. The number of rotatable bonds is 9. The first-order valence-electron chi connectivity index (χ1n) is 12.4. The Bertz CT molecular complexity index is 1140. The molecule has 0 saturated carbocycles. The first kappa shape index (κ1) is 23.7. The van der Waals surface area contributed by atoms with E-state index in [-0.39, 0.29) is 0 Å². The van der Waals surface area contributed by atoms with Crippen LogP contribution in [0, 0.1) is 5.92 Å². The maximum atomic E-state index is 5.50. The summed E-state index contributed by atoms with van der Waals surface area (Å²) in [5, 5.41) is 8.55. The number of hydrogen-bond acceptors (Lipinski definition) is 6. The standard InChI is InChI=1S/C28H36N4O3/c1-31-26(15-25(30-31)21-7-10-27(34-3)28(14-21)35-4)24-18-32-12-11-20(24)13-22(32)17-29-16-19-5-8-23(33-2)9-6-19/h5-10,14-15,20,22,24,29H,11-13,16-18H2,1-4H3/t20-,22+,24+/m0/s1. The molecular weight excluding hydrogens is 440 g/mol. The van der Waals surface area contributed by atoms with Crippen LogP contribution in [-0.2, 0) is 13.6 Å². The van der Waals surface area contributed by atoms with Crippen LogP contribution in [0.3, 0.4) is 0 Å². The van der Waals surface area contributed by atoms with E-state index in [2.05, 4.69) is 46.2 Å². The number of benzene rings is 2. The molecular formula is C28H36N4O3. The highest BCUT2D eigenvalue weighted by atomic mass is 16.5. The van der Waals surface area contributed by atoms with Crippen molar-refractivity contribution in [2.45, 2.75) is 31.3 Å². The topological polar surface area (TPSA) is 60.8 Å². The van der Waals surface area contributed by atoms with E-state index in [9.17, 15) is 0 Å². The highest BCUT2D eigenvalue weighted by Crippen LogP contribution is 2.42. The fourth-order valence-electron chi connectivity index (χ4n) is 5.78. The summed E-state index contributed by atoms with van der Waals surface area (Å²) in [5.74, 6) is 3.58. The first-order valence-corrected chi connectivity index (χ1v) is 12.4. The monoisotopic (exact) mass is 476 g/mol. The minimum absolute atomic E-state index is 0.521. The normalized spacial score (nSPS) is 23.3. The minimum Gasteiger partial charge on any atom is -0.497 e. The molecule has 1 unspecified atom stereocenters. The fraction of sp³-hybridized carbons (Fsp3) is 0.464. The number of piperidine rings is 3. The predicted octanol–water partition coefficient (Wildman–Crippen LogP) is 4.08. The van der Waals surface area contributed by atoms with E-state index < -0.39 is 0 Å². The van der Waals surface area contributed by atoms with E-state index in [0.29, 0.717) is 17.9 Å². The Morgan fingerprint density at radius 3 is 2.46 bits per heavy atom. The van der Waals surface area contributed by atoms with Gasteiger partial charge in [-0.25, -0.2) is 0 Å². The second kappa shape index (κ2) is 10.3. The number of aryl methyl sites for hydroxylation is 1. The van der Waals surface area contributed by atoms with Crippen LogP contribution in [0.25, 0.3) is 11.3 Å². The van der Waals surface area contributed by atoms with Gasteiger partial charge >= 0.3 is 0 Å². The molecule has 7 heteroatoms. The second-order valence-electron chi connectivity index (χ2n) is 9.67. The minimum atomic E-state index is 0.521. The third-order valence-corrected chi connectivity index (χ3v) is 7.72. The zero-order valence-corrected chi connectivity index (χ0v) is 21.2. The van der Waals surface area contributed by atoms with Crippen LogP contribution in [0.15, 0.2) is 48.5 Å². The van der Waals surface area contributed by atoms with E-state index in [1.165, 1.54) is 30.6 Å². The Balaban J connectivity index is 1.23. The van der Waals surface area contributed by atoms with Crippen molar-refractivity contribution >= 4 is 0 Å². The predicted molar refractivity (Wildman–Crippen MR) is 137 cm³/mol. The Morgan fingerprint density at radius 2 is 1.77 bits per heavy atom. The van der Waals surface area contributed by atoms with Crippen LogP contribution < -0.4 is 19.5 Å². The molecule has 35 heavy (non-hydrogen) atoms. The van der Waals surface area contributed by atoms with Crippen molar-refractivity contribution in [3.05, 3.63) is 59.8 Å². The number of fused-ring (bicyclic) bond motifs is 3. The molecule has 3 saturated heterocycles. The molecule has 4 atom stereocenters. The Kier molecular flexibility index (Phi) is 6.97. The molecule has 0 radical (unpaired) electrons. The van der Waals surface area contributed by atoms with Gasteiger partial charge in [0, 0.05) is 49.9 Å². The largest absolute Gasteiger partial charge is 0.497 e. The van der Waals surface area contributed by atoms with Gasteiger partial charge in [0.25, 0.3) is 0 Å². The van der Waals surface area contributed by atoms with Gasteiger partial charge in [-0.1, -0.05) is 12.1 Å². The average Bonchev–Trinajstić information content (AvgIpc) is 3.30. The van der Waals surface area contributed by atoms with Crippen molar-refractivity contribution in [1.29, 1.82) is 0 Å². The van der Waals surface area contributed by atoms with Gasteiger partial charge in [-0.2, -0.15) is 5.10 Å². The summed E-state index contributed by atoms with van der Waals surface area (Å²) < 4.78 is 18.2. The summed E-state index contributed by atoms with van der Waals surface area (Å²) in [6.07, 6.45) is 2.49. The molecule has 6 rings (SSSR count). The molecule has 2 aromatic carbocycles. The van der Waals surface area contributed by atoms with E-state index in [0.717, 1.165) is 48.1 Å². The highest BCUT2D eigenvalue weighted by molar-refractivity contribution is 5.64. The summed E-state index contributed by atoms with van der Waals surface area (Å²) in [5.41, 5.74) is 4.65. The van der Waals surface area contributed by atoms with Crippen LogP contribution in [-0.4, -0.2) is 61.7 Å². The fourth-order valence-corrected chi connectivity index (χ4v) is 5.78. The van der Waals surface area contributed by atoms with Crippen molar-refractivity contribution in [1.82, 2.24) is 20.0 Å². The average molecular weight is 477 g/mol. The number of ether oxygens (including phenoxy) is 3. The third kappa shape index (κ3) is 4.88. The smallest absolute Gasteiger partial charge is 0.161 e. The molecule has 0 spiro atoms. The Morgan fingerprint density at radius 1 is 0.971 bits per heavy atom. The number of nitrogens with zero attached hydrogens (tertiary/aromatic N) is 3. The lowest BCUT2D eigenvalue weighted by Gasteiger charge is -2.50. The van der Waals surface area contributed by atoms with Crippen molar-refractivity contribution in [3.8, 4) is 28.5 Å². The molecule has 3 aliphatic rings. The van der Waals surface area contributed by atoms with Gasteiger partial charge in [0.1, 0.15) is 5.75 Å². The van der Waals surface area contributed by atoms with Crippen molar-refractivity contribution in [2.75, 3.05) is 41.0 Å². The van der Waals surface area contributed by atoms with Crippen LogP contribution in [0.5, 0.6) is 17.2 Å². The quantitative estimate of drug-likeness (QED) is 0.502. The lowest BCUT2D eigenvalue weighted by Crippen LogP contribution is -2.55. The number of hydrogen-bond donors (Lipinski definition) is 1. The van der Waals surface area contributed by atoms with Gasteiger partial charge in [-0.3, -0.25) is 9.58 Å². The molecule has 2 bridgehead atoms.